The van der Waals surface area contributed by atoms with Crippen molar-refractivity contribution in [2.45, 2.75) is 13.8 Å². The highest BCUT2D eigenvalue weighted by Gasteiger charge is 1.89. The molecule has 0 aliphatic heterocycles. The number of carboxylic acids is 1. The molecule has 90 valence electrons. The van der Waals surface area contributed by atoms with Gasteiger partial charge < -0.3 is 15.3 Å². The van der Waals surface area contributed by atoms with Gasteiger partial charge in [0.05, 0.1) is 18.2 Å². The molecule has 4 heteroatoms. The Hall–Kier alpha value is -2.10. The normalized spacial score (nSPS) is 11.8. The van der Waals surface area contributed by atoms with Crippen molar-refractivity contribution < 1.29 is 9.90 Å². The van der Waals surface area contributed by atoms with Crippen LogP contribution in [0.25, 0.3) is 6.08 Å². The van der Waals surface area contributed by atoms with Crippen LogP contribution in [-0.4, -0.2) is 18.2 Å². The fraction of sp³-hybridized carbons (Fsp3) is 0.231. The lowest BCUT2D eigenvalue weighted by Gasteiger charge is -2.01. The number of rotatable bonds is 5. The number of benzene rings is 1. The molecule has 0 atom stereocenters. The van der Waals surface area contributed by atoms with Crippen LogP contribution in [-0.2, 0) is 4.79 Å². The molecule has 1 aromatic carbocycles. The third kappa shape index (κ3) is 4.97. The van der Waals surface area contributed by atoms with E-state index in [9.17, 15) is 9.90 Å². The highest BCUT2D eigenvalue weighted by Crippen LogP contribution is 2.05. The van der Waals surface area contributed by atoms with E-state index in [1.807, 2.05) is 37.3 Å². The van der Waals surface area contributed by atoms with Gasteiger partial charge in [0.15, 0.2) is 0 Å². The number of carbonyl (C=O) groups is 1. The predicted octanol–water partition coefficient (Wildman–Crippen LogP) is 0.724. The fourth-order valence-corrected chi connectivity index (χ4v) is 1.23. The van der Waals surface area contributed by atoms with E-state index < -0.39 is 5.97 Å². The minimum absolute atomic E-state index is 0.0612. The number of carboxylic acid groups (broad SMARTS) is 1. The van der Waals surface area contributed by atoms with E-state index in [-0.39, 0.29) is 5.71 Å². The van der Waals surface area contributed by atoms with Crippen molar-refractivity contribution in [3.8, 4) is 0 Å². The van der Waals surface area contributed by atoms with Crippen molar-refractivity contribution in [3.05, 3.63) is 41.5 Å². The van der Waals surface area contributed by atoms with Gasteiger partial charge in [-0.3, -0.25) is 0 Å². The van der Waals surface area contributed by atoms with E-state index >= 15 is 0 Å². The number of hydrogen-bond acceptors (Lipinski definition) is 4. The summed E-state index contributed by atoms with van der Waals surface area (Å²) in [6.45, 7) is 3.88. The molecule has 4 nitrogen and oxygen atoms in total. The molecule has 1 rings (SSSR count). The summed E-state index contributed by atoms with van der Waals surface area (Å²) in [6, 6.07) is 8.08. The second kappa shape index (κ2) is 6.48. The van der Waals surface area contributed by atoms with Crippen LogP contribution in [0, 0.1) is 6.92 Å². The summed E-state index contributed by atoms with van der Waals surface area (Å²) in [6.07, 6.45) is 3.82. The molecule has 0 unspecified atom stereocenters. The lowest BCUT2D eigenvalue weighted by atomic mass is 10.1. The van der Waals surface area contributed by atoms with E-state index in [1.165, 1.54) is 12.5 Å². The number of aryl methyl sites for hydroxylation is 1. The summed E-state index contributed by atoms with van der Waals surface area (Å²) in [4.78, 5) is 10.3. The van der Waals surface area contributed by atoms with Crippen molar-refractivity contribution in [1.29, 1.82) is 0 Å². The molecule has 1 aromatic rings. The Morgan fingerprint density at radius 1 is 1.53 bits per heavy atom. The molecule has 0 amide bonds. The molecular weight excluding hydrogens is 216 g/mol. The van der Waals surface area contributed by atoms with Crippen LogP contribution in [0.3, 0.4) is 0 Å². The highest BCUT2D eigenvalue weighted by molar-refractivity contribution is 6.33. The molecule has 0 fully saturated rings. The van der Waals surface area contributed by atoms with Crippen LogP contribution < -0.4 is 10.5 Å². The average Bonchev–Trinajstić information content (AvgIpc) is 2.28. The molecule has 0 radical (unpaired) electrons. The highest BCUT2D eigenvalue weighted by atomic mass is 16.4. The predicted molar refractivity (Wildman–Crippen MR) is 66.3 cm³/mol. The van der Waals surface area contributed by atoms with Gasteiger partial charge in [0.1, 0.15) is 0 Å². The van der Waals surface area contributed by atoms with Crippen LogP contribution in [0.4, 0.5) is 0 Å². The molecule has 0 saturated carbocycles. The Balaban J connectivity index is 2.41. The van der Waals surface area contributed by atoms with Crippen molar-refractivity contribution in [2.75, 3.05) is 6.54 Å². The zero-order chi connectivity index (χ0) is 12.7. The zero-order valence-electron chi connectivity index (χ0n) is 9.93. The summed E-state index contributed by atoms with van der Waals surface area (Å²) < 4.78 is 0. The van der Waals surface area contributed by atoms with Gasteiger partial charge in [-0.25, -0.2) is 0 Å². The maximum absolute atomic E-state index is 10.3. The molecule has 1 N–H and O–H groups in total. The molecular formula is C13H15N2O2-. The standard InChI is InChI=1S/C13H16N2O2/c1-10-5-3-6-12(9-10)7-4-8-14-15-11(2)13(16)17/h3-7,9,14H,8H2,1-2H3,(H,16,17)/p-1. The van der Waals surface area contributed by atoms with E-state index in [2.05, 4.69) is 16.6 Å². The fourth-order valence-electron chi connectivity index (χ4n) is 1.23. The topological polar surface area (TPSA) is 64.5 Å². The van der Waals surface area contributed by atoms with Crippen LogP contribution >= 0.6 is 0 Å². The quantitative estimate of drug-likeness (QED) is 0.461. The summed E-state index contributed by atoms with van der Waals surface area (Å²) in [5.41, 5.74) is 4.87. The molecule has 0 bridgehead atoms. The Morgan fingerprint density at radius 3 is 2.94 bits per heavy atom. The lowest BCUT2D eigenvalue weighted by molar-refractivity contribution is -0.294. The molecule has 0 aliphatic carbocycles. The van der Waals surface area contributed by atoms with Crippen molar-refractivity contribution >= 4 is 17.8 Å². The van der Waals surface area contributed by atoms with Crippen LogP contribution in [0.5, 0.6) is 0 Å². The molecule has 0 aromatic heterocycles. The van der Waals surface area contributed by atoms with E-state index in [0.29, 0.717) is 6.54 Å². The minimum atomic E-state index is -1.26. The summed E-state index contributed by atoms with van der Waals surface area (Å²) in [5.74, 6) is -1.26. The SMILES string of the molecule is CC(=NNCC=Cc1cccc(C)c1)C(=O)[O-]. The Kier molecular flexibility index (Phi) is 4.94. The van der Waals surface area contributed by atoms with E-state index in [0.717, 1.165) is 5.56 Å². The molecule has 0 spiro atoms. The van der Waals surface area contributed by atoms with Gasteiger partial charge in [-0.15, -0.1) is 0 Å². The maximum atomic E-state index is 10.3. The third-order valence-electron chi connectivity index (χ3n) is 2.10. The van der Waals surface area contributed by atoms with E-state index in [4.69, 9.17) is 0 Å². The van der Waals surface area contributed by atoms with Crippen molar-refractivity contribution in [3.63, 3.8) is 0 Å². The number of nitrogens with one attached hydrogen (secondary N) is 1. The Bertz CT molecular complexity index is 450. The monoisotopic (exact) mass is 231 g/mol. The molecule has 0 aliphatic rings. The van der Waals surface area contributed by atoms with Gasteiger partial charge in [-0.05, 0) is 19.4 Å². The summed E-state index contributed by atoms with van der Waals surface area (Å²) >= 11 is 0. The van der Waals surface area contributed by atoms with E-state index in [1.54, 1.807) is 0 Å². The number of carbonyl (C=O) groups excluding carboxylic acids is 1. The molecule has 17 heavy (non-hydrogen) atoms. The average molecular weight is 231 g/mol. The van der Waals surface area contributed by atoms with Gasteiger partial charge >= 0.3 is 0 Å². The Morgan fingerprint density at radius 2 is 2.29 bits per heavy atom. The molecule has 0 saturated heterocycles. The van der Waals surface area contributed by atoms with Gasteiger partial charge in [0.25, 0.3) is 0 Å². The Labute approximate surface area is 101 Å². The number of aliphatic carboxylic acids is 1. The summed E-state index contributed by atoms with van der Waals surface area (Å²) in [7, 11) is 0. The zero-order valence-corrected chi connectivity index (χ0v) is 9.93. The second-order valence-corrected chi connectivity index (χ2v) is 3.66. The van der Waals surface area contributed by atoms with Gasteiger partial charge in [-0.2, -0.15) is 5.10 Å². The smallest absolute Gasteiger partial charge is 0.0873 e. The summed E-state index contributed by atoms with van der Waals surface area (Å²) in [5, 5.41) is 13.9. The number of hydrogen-bond donors (Lipinski definition) is 1. The first-order chi connectivity index (χ1) is 8.09. The second-order valence-electron chi connectivity index (χ2n) is 3.66. The van der Waals surface area contributed by atoms with Gasteiger partial charge in [0, 0.05) is 0 Å². The lowest BCUT2D eigenvalue weighted by Crippen LogP contribution is -2.31. The maximum Gasteiger partial charge on any atom is 0.0873 e. The first-order valence-electron chi connectivity index (χ1n) is 5.31. The van der Waals surface area contributed by atoms with Crippen LogP contribution in [0.15, 0.2) is 35.4 Å². The largest absolute Gasteiger partial charge is 0.543 e. The van der Waals surface area contributed by atoms with Crippen molar-refractivity contribution in [2.24, 2.45) is 5.10 Å². The van der Waals surface area contributed by atoms with Crippen LogP contribution in [0.2, 0.25) is 0 Å². The third-order valence-corrected chi connectivity index (χ3v) is 2.10. The van der Waals surface area contributed by atoms with Gasteiger partial charge in [0.2, 0.25) is 0 Å². The molecule has 0 heterocycles. The van der Waals surface area contributed by atoms with Crippen LogP contribution in [0.1, 0.15) is 18.1 Å². The van der Waals surface area contributed by atoms with Gasteiger partial charge in [-0.1, -0.05) is 42.0 Å². The van der Waals surface area contributed by atoms with Crippen molar-refractivity contribution in [1.82, 2.24) is 5.43 Å². The first-order valence-corrected chi connectivity index (χ1v) is 5.31. The number of nitrogens with zero attached hydrogens (tertiary/aromatic N) is 1. The number of hydrazone groups is 1. The first kappa shape index (κ1) is 13.0. The minimum Gasteiger partial charge on any atom is -0.543 e.